The molecule has 1 heterocycles. The quantitative estimate of drug-likeness (QED) is 0.827. The van der Waals surface area contributed by atoms with Crippen LogP contribution in [0, 0.1) is 0 Å². The molecular weight excluding hydrogens is 244 g/mol. The largest absolute Gasteiger partial charge is 0.490 e. The number of ether oxygens (including phenoxy) is 1. The van der Waals surface area contributed by atoms with Crippen molar-refractivity contribution in [2.45, 2.75) is 26.2 Å². The summed E-state index contributed by atoms with van der Waals surface area (Å²) in [6.45, 7) is 2.87. The maximum Gasteiger partial charge on any atom is 0.166 e. The highest BCUT2D eigenvalue weighted by molar-refractivity contribution is 9.10. The normalized spacial score (nSPS) is 10.1. The molecule has 0 saturated heterocycles. The van der Waals surface area contributed by atoms with Crippen molar-refractivity contribution in [1.29, 1.82) is 0 Å². The van der Waals surface area contributed by atoms with Gasteiger partial charge in [-0.25, -0.2) is 4.98 Å². The molecule has 3 nitrogen and oxygen atoms in total. The Morgan fingerprint density at radius 2 is 2.29 bits per heavy atom. The van der Waals surface area contributed by atoms with Crippen LogP contribution in [0.15, 0.2) is 16.7 Å². The first-order valence-electron chi connectivity index (χ1n) is 4.78. The fourth-order valence-electron chi connectivity index (χ4n) is 1.08. The number of anilines is 1. The van der Waals surface area contributed by atoms with Gasteiger partial charge >= 0.3 is 0 Å². The fourth-order valence-corrected chi connectivity index (χ4v) is 1.39. The third kappa shape index (κ3) is 3.54. The van der Waals surface area contributed by atoms with Crippen molar-refractivity contribution in [2.24, 2.45) is 0 Å². The first kappa shape index (κ1) is 11.3. The minimum absolute atomic E-state index is 0.449. The highest BCUT2D eigenvalue weighted by atomic mass is 79.9. The molecule has 0 radical (unpaired) electrons. The third-order valence-corrected chi connectivity index (χ3v) is 2.29. The van der Waals surface area contributed by atoms with Gasteiger partial charge in [-0.2, -0.15) is 0 Å². The van der Waals surface area contributed by atoms with Gasteiger partial charge in [-0.3, -0.25) is 0 Å². The molecule has 2 N–H and O–H groups in total. The highest BCUT2D eigenvalue weighted by Crippen LogP contribution is 2.23. The summed E-state index contributed by atoms with van der Waals surface area (Å²) < 4.78 is 6.39. The lowest BCUT2D eigenvalue weighted by molar-refractivity contribution is 0.307. The van der Waals surface area contributed by atoms with E-state index < -0.39 is 0 Å². The van der Waals surface area contributed by atoms with E-state index in [9.17, 15) is 0 Å². The summed E-state index contributed by atoms with van der Waals surface area (Å²) in [7, 11) is 0. The van der Waals surface area contributed by atoms with Gasteiger partial charge in [0.25, 0.3) is 0 Å². The predicted molar refractivity (Wildman–Crippen MR) is 61.4 cm³/mol. The van der Waals surface area contributed by atoms with E-state index in [1.807, 2.05) is 6.07 Å². The Hall–Kier alpha value is -0.770. The molecule has 0 saturated carbocycles. The second kappa shape index (κ2) is 5.86. The fraction of sp³-hybridized carbons (Fsp3) is 0.500. The van der Waals surface area contributed by atoms with Crippen LogP contribution >= 0.6 is 15.9 Å². The smallest absolute Gasteiger partial charge is 0.166 e. The summed E-state index contributed by atoms with van der Waals surface area (Å²) in [6, 6.07) is 1.84. The second-order valence-corrected chi connectivity index (χ2v) is 4.01. The number of halogens is 1. The van der Waals surface area contributed by atoms with E-state index in [4.69, 9.17) is 10.5 Å². The van der Waals surface area contributed by atoms with Gasteiger partial charge in [-0.05, 0) is 28.4 Å². The lowest BCUT2D eigenvalue weighted by Crippen LogP contribution is -2.01. The number of hydrogen-bond donors (Lipinski definition) is 1. The summed E-state index contributed by atoms with van der Waals surface area (Å²) in [5, 5.41) is 0. The van der Waals surface area contributed by atoms with Crippen LogP contribution < -0.4 is 10.5 Å². The Labute approximate surface area is 92.8 Å². The molecule has 4 heteroatoms. The van der Waals surface area contributed by atoms with Crippen LogP contribution in [0.5, 0.6) is 5.75 Å². The number of rotatable bonds is 5. The molecule has 0 aliphatic rings. The van der Waals surface area contributed by atoms with E-state index in [0.717, 1.165) is 10.9 Å². The molecular formula is C10H15BrN2O. The van der Waals surface area contributed by atoms with E-state index in [0.29, 0.717) is 18.2 Å². The Morgan fingerprint density at radius 3 is 3.00 bits per heavy atom. The molecule has 0 fully saturated rings. The molecule has 0 spiro atoms. The van der Waals surface area contributed by atoms with Crippen molar-refractivity contribution < 1.29 is 4.74 Å². The Balaban J connectivity index is 2.45. The number of hydrogen-bond acceptors (Lipinski definition) is 3. The van der Waals surface area contributed by atoms with E-state index in [1.165, 1.54) is 12.8 Å². The number of pyridine rings is 1. The van der Waals surface area contributed by atoms with E-state index in [1.54, 1.807) is 6.20 Å². The number of aromatic nitrogens is 1. The van der Waals surface area contributed by atoms with Crippen LogP contribution in [0.1, 0.15) is 26.2 Å². The SMILES string of the molecule is CCCCCOc1cc(Br)cnc1N. The van der Waals surface area contributed by atoms with E-state index in [2.05, 4.69) is 27.8 Å². The average Bonchev–Trinajstić information content (AvgIpc) is 2.18. The first-order chi connectivity index (χ1) is 6.74. The van der Waals surface area contributed by atoms with E-state index >= 15 is 0 Å². The summed E-state index contributed by atoms with van der Waals surface area (Å²) in [6.07, 6.45) is 5.09. The topological polar surface area (TPSA) is 48.1 Å². The lowest BCUT2D eigenvalue weighted by atomic mass is 10.3. The zero-order valence-electron chi connectivity index (χ0n) is 8.29. The van der Waals surface area contributed by atoms with Crippen LogP contribution in [0.3, 0.4) is 0 Å². The minimum Gasteiger partial charge on any atom is -0.490 e. The van der Waals surface area contributed by atoms with Gasteiger partial charge in [0.1, 0.15) is 0 Å². The van der Waals surface area contributed by atoms with Crippen LogP contribution in [-0.4, -0.2) is 11.6 Å². The van der Waals surface area contributed by atoms with Gasteiger partial charge in [0.15, 0.2) is 11.6 Å². The van der Waals surface area contributed by atoms with Crippen molar-refractivity contribution in [3.63, 3.8) is 0 Å². The van der Waals surface area contributed by atoms with Gasteiger partial charge in [0, 0.05) is 10.7 Å². The second-order valence-electron chi connectivity index (χ2n) is 3.09. The van der Waals surface area contributed by atoms with E-state index in [-0.39, 0.29) is 0 Å². The number of nitrogens with two attached hydrogens (primary N) is 1. The first-order valence-corrected chi connectivity index (χ1v) is 5.57. The summed E-state index contributed by atoms with van der Waals surface area (Å²) in [5.41, 5.74) is 5.65. The standard InChI is InChI=1S/C10H15BrN2O/c1-2-3-4-5-14-9-6-8(11)7-13-10(9)12/h6-7H,2-5H2,1H3,(H2,12,13). The third-order valence-electron chi connectivity index (χ3n) is 1.85. The van der Waals surface area contributed by atoms with Crippen molar-refractivity contribution in [3.8, 4) is 5.75 Å². The van der Waals surface area contributed by atoms with Crippen LogP contribution in [0.25, 0.3) is 0 Å². The molecule has 1 rings (SSSR count). The summed E-state index contributed by atoms with van der Waals surface area (Å²) in [4.78, 5) is 3.98. The Morgan fingerprint density at radius 1 is 1.50 bits per heavy atom. The molecule has 0 bridgehead atoms. The molecule has 0 aliphatic carbocycles. The molecule has 0 aliphatic heterocycles. The van der Waals surface area contributed by atoms with Gasteiger partial charge < -0.3 is 10.5 Å². The predicted octanol–water partition coefficient (Wildman–Crippen LogP) is 3.00. The van der Waals surface area contributed by atoms with Crippen LogP contribution in [0.4, 0.5) is 5.82 Å². The maximum atomic E-state index is 5.65. The molecule has 0 unspecified atom stereocenters. The van der Waals surface area contributed by atoms with Crippen molar-refractivity contribution in [1.82, 2.24) is 4.98 Å². The van der Waals surface area contributed by atoms with Crippen molar-refractivity contribution in [3.05, 3.63) is 16.7 Å². The highest BCUT2D eigenvalue weighted by Gasteiger charge is 2.01. The van der Waals surface area contributed by atoms with Crippen LogP contribution in [-0.2, 0) is 0 Å². The molecule has 1 aromatic rings. The zero-order chi connectivity index (χ0) is 10.4. The van der Waals surface area contributed by atoms with Gasteiger partial charge in [0.05, 0.1) is 6.61 Å². The van der Waals surface area contributed by atoms with Crippen molar-refractivity contribution in [2.75, 3.05) is 12.3 Å². The zero-order valence-corrected chi connectivity index (χ0v) is 9.88. The van der Waals surface area contributed by atoms with Gasteiger partial charge in [0.2, 0.25) is 0 Å². The van der Waals surface area contributed by atoms with Gasteiger partial charge in [-0.1, -0.05) is 19.8 Å². The Bertz CT molecular complexity index is 291. The molecule has 78 valence electrons. The molecule has 14 heavy (non-hydrogen) atoms. The summed E-state index contributed by atoms with van der Waals surface area (Å²) in [5.74, 6) is 1.11. The molecule has 0 amide bonds. The number of nitrogens with zero attached hydrogens (tertiary/aromatic N) is 1. The number of nitrogen functional groups attached to an aromatic ring is 1. The lowest BCUT2D eigenvalue weighted by Gasteiger charge is -2.07. The molecule has 1 aromatic heterocycles. The van der Waals surface area contributed by atoms with Gasteiger partial charge in [-0.15, -0.1) is 0 Å². The molecule has 0 aromatic carbocycles. The minimum atomic E-state index is 0.449. The Kier molecular flexibility index (Phi) is 4.73. The van der Waals surface area contributed by atoms with Crippen molar-refractivity contribution >= 4 is 21.7 Å². The number of unbranched alkanes of at least 4 members (excludes halogenated alkanes) is 2. The molecule has 0 atom stereocenters. The summed E-state index contributed by atoms with van der Waals surface area (Å²) >= 11 is 3.32. The monoisotopic (exact) mass is 258 g/mol. The van der Waals surface area contributed by atoms with Crippen LogP contribution in [0.2, 0.25) is 0 Å². The average molecular weight is 259 g/mol. The maximum absolute atomic E-state index is 5.65.